The van der Waals surface area contributed by atoms with E-state index in [1.165, 1.54) is 12.1 Å². The second-order valence-corrected chi connectivity index (χ2v) is 3.82. The van der Waals surface area contributed by atoms with Gasteiger partial charge in [-0.3, -0.25) is 0 Å². The van der Waals surface area contributed by atoms with Gasteiger partial charge in [0.05, 0.1) is 5.69 Å². The minimum Gasteiger partial charge on any atom is -0.477 e. The molecule has 0 aliphatic carbocycles. The summed E-state index contributed by atoms with van der Waals surface area (Å²) in [6, 6.07) is 9.13. The van der Waals surface area contributed by atoms with Gasteiger partial charge in [0.2, 0.25) is 0 Å². The molecule has 0 fully saturated rings. The highest BCUT2D eigenvalue weighted by Gasteiger charge is 2.07. The van der Waals surface area contributed by atoms with Crippen LogP contribution in [0.25, 0.3) is 0 Å². The molecule has 2 rings (SSSR count). The Balaban J connectivity index is 2.31. The van der Waals surface area contributed by atoms with E-state index >= 15 is 0 Å². The SMILES string of the molecule is Cc1ccc(F)c(Nc2cccc(C(=O)O)n2)c1. The van der Waals surface area contributed by atoms with Crippen molar-refractivity contribution in [2.75, 3.05) is 5.32 Å². The van der Waals surface area contributed by atoms with Gasteiger partial charge in [0, 0.05) is 0 Å². The molecule has 2 N–H and O–H groups in total. The average Bonchev–Trinajstić information content (AvgIpc) is 2.34. The Bertz CT molecular complexity index is 599. The fourth-order valence-electron chi connectivity index (χ4n) is 1.50. The lowest BCUT2D eigenvalue weighted by Crippen LogP contribution is -2.03. The van der Waals surface area contributed by atoms with Gasteiger partial charge in [-0.15, -0.1) is 0 Å². The minimum atomic E-state index is -1.12. The van der Waals surface area contributed by atoms with Crippen molar-refractivity contribution in [2.45, 2.75) is 6.92 Å². The smallest absolute Gasteiger partial charge is 0.354 e. The number of nitrogens with zero attached hydrogens (tertiary/aromatic N) is 1. The van der Waals surface area contributed by atoms with Crippen LogP contribution in [-0.4, -0.2) is 16.1 Å². The van der Waals surface area contributed by atoms with Crippen molar-refractivity contribution in [1.82, 2.24) is 4.98 Å². The van der Waals surface area contributed by atoms with E-state index in [0.717, 1.165) is 5.56 Å². The molecule has 0 atom stereocenters. The van der Waals surface area contributed by atoms with Gasteiger partial charge in [-0.2, -0.15) is 0 Å². The van der Waals surface area contributed by atoms with Gasteiger partial charge in [0.25, 0.3) is 0 Å². The Morgan fingerprint density at radius 3 is 2.83 bits per heavy atom. The van der Waals surface area contributed by atoms with Gasteiger partial charge >= 0.3 is 5.97 Å². The molecule has 0 radical (unpaired) electrons. The highest BCUT2D eigenvalue weighted by molar-refractivity contribution is 5.85. The maximum absolute atomic E-state index is 13.5. The highest BCUT2D eigenvalue weighted by atomic mass is 19.1. The molecular formula is C13H11FN2O2. The normalized spacial score (nSPS) is 10.1. The summed E-state index contributed by atoms with van der Waals surface area (Å²) in [5, 5.41) is 11.6. The van der Waals surface area contributed by atoms with Crippen molar-refractivity contribution in [2.24, 2.45) is 0 Å². The third-order valence-corrected chi connectivity index (χ3v) is 2.35. The number of hydrogen-bond donors (Lipinski definition) is 2. The molecule has 92 valence electrons. The number of halogens is 1. The van der Waals surface area contributed by atoms with E-state index < -0.39 is 11.8 Å². The summed E-state index contributed by atoms with van der Waals surface area (Å²) < 4.78 is 13.5. The molecule has 2 aromatic rings. The zero-order valence-corrected chi connectivity index (χ0v) is 9.64. The average molecular weight is 246 g/mol. The summed E-state index contributed by atoms with van der Waals surface area (Å²) in [6.45, 7) is 1.84. The number of aromatic nitrogens is 1. The number of carboxylic acids is 1. The zero-order chi connectivity index (χ0) is 13.1. The van der Waals surface area contributed by atoms with Crippen LogP contribution in [0.2, 0.25) is 0 Å². The summed E-state index contributed by atoms with van der Waals surface area (Å²) >= 11 is 0. The number of pyridine rings is 1. The molecule has 0 aliphatic heterocycles. The largest absolute Gasteiger partial charge is 0.477 e. The number of aromatic carboxylic acids is 1. The summed E-state index contributed by atoms with van der Waals surface area (Å²) in [4.78, 5) is 14.6. The second kappa shape index (κ2) is 4.83. The monoisotopic (exact) mass is 246 g/mol. The van der Waals surface area contributed by atoms with Gasteiger partial charge in [-0.1, -0.05) is 12.1 Å². The Morgan fingerprint density at radius 2 is 2.11 bits per heavy atom. The van der Waals surface area contributed by atoms with Crippen LogP contribution < -0.4 is 5.32 Å². The van der Waals surface area contributed by atoms with Crippen molar-refractivity contribution in [3.63, 3.8) is 0 Å². The molecule has 0 saturated carbocycles. The Morgan fingerprint density at radius 1 is 1.33 bits per heavy atom. The predicted octanol–water partition coefficient (Wildman–Crippen LogP) is 2.97. The third-order valence-electron chi connectivity index (χ3n) is 2.35. The van der Waals surface area contributed by atoms with Gasteiger partial charge in [-0.05, 0) is 36.8 Å². The van der Waals surface area contributed by atoms with Gasteiger partial charge in [0.15, 0.2) is 5.69 Å². The lowest BCUT2D eigenvalue weighted by atomic mass is 10.2. The summed E-state index contributed by atoms with van der Waals surface area (Å²) in [5.74, 6) is -1.24. The van der Waals surface area contributed by atoms with Crippen molar-refractivity contribution in [1.29, 1.82) is 0 Å². The van der Waals surface area contributed by atoms with Crippen molar-refractivity contribution in [3.8, 4) is 0 Å². The second-order valence-electron chi connectivity index (χ2n) is 3.82. The maximum Gasteiger partial charge on any atom is 0.354 e. The van der Waals surface area contributed by atoms with Crippen LogP contribution in [0.3, 0.4) is 0 Å². The van der Waals surface area contributed by atoms with Crippen molar-refractivity contribution >= 4 is 17.5 Å². The number of benzene rings is 1. The minimum absolute atomic E-state index is 0.0898. The predicted molar refractivity (Wildman–Crippen MR) is 65.6 cm³/mol. The molecule has 0 unspecified atom stereocenters. The van der Waals surface area contributed by atoms with Crippen LogP contribution in [0.4, 0.5) is 15.9 Å². The quantitative estimate of drug-likeness (QED) is 0.874. The molecule has 4 nitrogen and oxygen atoms in total. The number of nitrogens with one attached hydrogen (secondary N) is 1. The van der Waals surface area contributed by atoms with Crippen LogP contribution in [0.5, 0.6) is 0 Å². The van der Waals surface area contributed by atoms with Crippen LogP contribution in [0.15, 0.2) is 36.4 Å². The number of anilines is 2. The summed E-state index contributed by atoms with van der Waals surface area (Å²) in [5.41, 5.74) is 1.08. The zero-order valence-electron chi connectivity index (χ0n) is 9.64. The molecule has 5 heteroatoms. The number of carbonyl (C=O) groups is 1. The van der Waals surface area contributed by atoms with E-state index in [4.69, 9.17) is 5.11 Å². The van der Waals surface area contributed by atoms with Gasteiger partial charge < -0.3 is 10.4 Å². The Labute approximate surface area is 103 Å². The summed E-state index contributed by atoms with van der Waals surface area (Å²) in [7, 11) is 0. The molecule has 0 amide bonds. The Hall–Kier alpha value is -2.43. The topological polar surface area (TPSA) is 62.2 Å². The molecule has 0 bridgehead atoms. The van der Waals surface area contributed by atoms with Crippen LogP contribution in [0, 0.1) is 12.7 Å². The van der Waals surface area contributed by atoms with E-state index in [1.807, 2.05) is 6.92 Å². The first kappa shape index (κ1) is 12.0. The lowest BCUT2D eigenvalue weighted by molar-refractivity contribution is 0.0690. The van der Waals surface area contributed by atoms with Gasteiger partial charge in [-0.25, -0.2) is 14.2 Å². The first-order valence-corrected chi connectivity index (χ1v) is 5.30. The van der Waals surface area contributed by atoms with Gasteiger partial charge in [0.1, 0.15) is 11.6 Å². The van der Waals surface area contributed by atoms with E-state index in [0.29, 0.717) is 5.82 Å². The highest BCUT2D eigenvalue weighted by Crippen LogP contribution is 2.20. The van der Waals surface area contributed by atoms with Crippen molar-refractivity contribution < 1.29 is 14.3 Å². The molecule has 18 heavy (non-hydrogen) atoms. The summed E-state index contributed by atoms with van der Waals surface area (Å²) in [6.07, 6.45) is 0. The van der Waals surface area contributed by atoms with Crippen LogP contribution >= 0.6 is 0 Å². The number of rotatable bonds is 3. The molecular weight excluding hydrogens is 235 g/mol. The first-order valence-electron chi connectivity index (χ1n) is 5.30. The number of aryl methyl sites for hydroxylation is 1. The van der Waals surface area contributed by atoms with Crippen LogP contribution in [0.1, 0.15) is 16.1 Å². The van der Waals surface area contributed by atoms with E-state index in [1.54, 1.807) is 24.3 Å². The lowest BCUT2D eigenvalue weighted by Gasteiger charge is -2.08. The Kier molecular flexibility index (Phi) is 3.23. The molecule has 1 heterocycles. The molecule has 0 saturated heterocycles. The van der Waals surface area contributed by atoms with E-state index in [2.05, 4.69) is 10.3 Å². The third kappa shape index (κ3) is 2.63. The fraction of sp³-hybridized carbons (Fsp3) is 0.0769. The molecule has 1 aromatic heterocycles. The number of hydrogen-bond acceptors (Lipinski definition) is 3. The van der Waals surface area contributed by atoms with E-state index in [9.17, 15) is 9.18 Å². The van der Waals surface area contributed by atoms with Crippen molar-refractivity contribution in [3.05, 3.63) is 53.5 Å². The first-order chi connectivity index (χ1) is 8.56. The van der Waals surface area contributed by atoms with Crippen LogP contribution in [-0.2, 0) is 0 Å². The standard InChI is InChI=1S/C13H11FN2O2/c1-8-5-6-9(14)11(7-8)16-12-4-2-3-10(15-12)13(17)18/h2-7H,1H3,(H,15,16)(H,17,18). The van der Waals surface area contributed by atoms with E-state index in [-0.39, 0.29) is 11.4 Å². The maximum atomic E-state index is 13.5. The molecule has 0 spiro atoms. The fourth-order valence-corrected chi connectivity index (χ4v) is 1.50. The molecule has 0 aliphatic rings. The molecule has 1 aromatic carbocycles. The number of carboxylic acid groups (broad SMARTS) is 1.